The van der Waals surface area contributed by atoms with Crippen LogP contribution in [0.15, 0.2) is 26.8 Å². The van der Waals surface area contributed by atoms with Crippen molar-refractivity contribution >= 4 is 40.4 Å². The van der Waals surface area contributed by atoms with Crippen LogP contribution in [0, 0.1) is 10.1 Å². The van der Waals surface area contributed by atoms with E-state index >= 15 is 0 Å². The van der Waals surface area contributed by atoms with E-state index in [4.69, 9.17) is 9.52 Å². The van der Waals surface area contributed by atoms with Gasteiger partial charge in [0.1, 0.15) is 15.9 Å². The highest BCUT2D eigenvalue weighted by Crippen LogP contribution is 2.22. The van der Waals surface area contributed by atoms with Crippen molar-refractivity contribution in [2.45, 2.75) is 18.6 Å². The van der Waals surface area contributed by atoms with E-state index in [0.29, 0.717) is 0 Å². The highest BCUT2D eigenvalue weighted by atomic mass is 32.2. The number of aliphatic carboxylic acids is 1. The summed E-state index contributed by atoms with van der Waals surface area (Å²) in [5, 5.41) is 28.6. The van der Waals surface area contributed by atoms with E-state index in [2.05, 4.69) is 15.5 Å². The van der Waals surface area contributed by atoms with Gasteiger partial charge in [-0.2, -0.15) is 0 Å². The first kappa shape index (κ1) is 15.7. The number of amides is 1. The lowest BCUT2D eigenvalue weighted by Crippen LogP contribution is -2.26. The second-order valence-electron chi connectivity index (χ2n) is 4.18. The smallest absolute Gasteiger partial charge is 0.433 e. The molecule has 1 aliphatic rings. The molecule has 0 aromatic carbocycles. The van der Waals surface area contributed by atoms with Crippen LogP contribution in [0.2, 0.25) is 0 Å². The molecule has 0 unspecified atom stereocenters. The first-order chi connectivity index (χ1) is 10.4. The minimum absolute atomic E-state index is 0.164. The van der Waals surface area contributed by atoms with Gasteiger partial charge < -0.3 is 14.8 Å². The predicted octanol–water partition coefficient (Wildman–Crippen LogP) is 0.974. The van der Waals surface area contributed by atoms with Crippen LogP contribution < -0.4 is 5.32 Å². The molecule has 1 aromatic rings. The van der Waals surface area contributed by atoms with E-state index in [-0.39, 0.29) is 23.1 Å². The standard InChI is InChI=1S/C11H10N4O6S/c1-5(6-2-3-8(21-6)15(19)20)13-14-11-12-10(18)7(22-11)4-9(16)17/h2-3,7H,4H2,1H3,(H,16,17)(H,12,14,18)/b13-5-/t7-/m1/s1. The molecule has 1 saturated heterocycles. The van der Waals surface area contributed by atoms with E-state index in [1.807, 2.05) is 0 Å². The lowest BCUT2D eigenvalue weighted by Gasteiger charge is -1.97. The van der Waals surface area contributed by atoms with Gasteiger partial charge >= 0.3 is 11.9 Å². The van der Waals surface area contributed by atoms with Gasteiger partial charge in [0.05, 0.1) is 12.5 Å². The topological polar surface area (TPSA) is 147 Å². The van der Waals surface area contributed by atoms with Crippen molar-refractivity contribution in [2.24, 2.45) is 10.2 Å². The Hall–Kier alpha value is -2.69. The van der Waals surface area contributed by atoms with Crippen molar-refractivity contribution < 1.29 is 24.0 Å². The first-order valence-corrected chi connectivity index (χ1v) is 6.81. The maximum absolute atomic E-state index is 11.5. The molecular formula is C11H10N4O6S. The minimum Gasteiger partial charge on any atom is -0.481 e. The van der Waals surface area contributed by atoms with Crippen molar-refractivity contribution in [3.63, 3.8) is 0 Å². The number of nitro groups is 1. The number of carboxylic acids is 1. The summed E-state index contributed by atoms with van der Waals surface area (Å²) >= 11 is 0.957. The number of hydrogen-bond donors (Lipinski definition) is 2. The van der Waals surface area contributed by atoms with E-state index in [9.17, 15) is 19.7 Å². The molecule has 1 fully saturated rings. The Labute approximate surface area is 127 Å². The molecule has 2 heterocycles. The van der Waals surface area contributed by atoms with Gasteiger partial charge in [-0.25, -0.2) is 0 Å². The zero-order chi connectivity index (χ0) is 16.3. The average molecular weight is 326 g/mol. The third-order valence-electron chi connectivity index (χ3n) is 2.56. The quantitative estimate of drug-likeness (QED) is 0.465. The zero-order valence-electron chi connectivity index (χ0n) is 11.2. The molecule has 22 heavy (non-hydrogen) atoms. The normalized spacial score (nSPS) is 20.2. The van der Waals surface area contributed by atoms with Crippen LogP contribution in [0.25, 0.3) is 0 Å². The highest BCUT2D eigenvalue weighted by molar-refractivity contribution is 8.15. The summed E-state index contributed by atoms with van der Waals surface area (Å²) in [6.07, 6.45) is -0.317. The fourth-order valence-corrected chi connectivity index (χ4v) is 2.44. The van der Waals surface area contributed by atoms with Crippen LogP contribution in [-0.2, 0) is 9.59 Å². The number of hydrogen-bond acceptors (Lipinski definition) is 8. The molecule has 1 aliphatic heterocycles. The van der Waals surface area contributed by atoms with Crippen LogP contribution in [0.5, 0.6) is 0 Å². The van der Waals surface area contributed by atoms with Gasteiger partial charge in [0.2, 0.25) is 5.91 Å². The number of carbonyl (C=O) groups excluding carboxylic acids is 1. The molecule has 0 spiro atoms. The van der Waals surface area contributed by atoms with Crippen LogP contribution in [-0.4, -0.2) is 38.0 Å². The van der Waals surface area contributed by atoms with E-state index < -0.39 is 27.9 Å². The maximum atomic E-state index is 11.5. The molecule has 1 atom stereocenters. The van der Waals surface area contributed by atoms with Crippen LogP contribution in [0.1, 0.15) is 19.1 Å². The second kappa shape index (κ2) is 6.39. The lowest BCUT2D eigenvalue weighted by molar-refractivity contribution is -0.402. The van der Waals surface area contributed by atoms with Crippen LogP contribution >= 0.6 is 11.8 Å². The summed E-state index contributed by atoms with van der Waals surface area (Å²) < 4.78 is 4.95. The van der Waals surface area contributed by atoms with Gasteiger partial charge in [-0.3, -0.25) is 19.7 Å². The molecule has 0 bridgehead atoms. The van der Waals surface area contributed by atoms with E-state index in [1.165, 1.54) is 19.1 Å². The maximum Gasteiger partial charge on any atom is 0.433 e. The predicted molar refractivity (Wildman–Crippen MR) is 76.8 cm³/mol. The van der Waals surface area contributed by atoms with Gasteiger partial charge in [-0.05, 0) is 13.0 Å². The molecule has 2 rings (SSSR count). The van der Waals surface area contributed by atoms with Gasteiger partial charge in [-0.15, -0.1) is 10.2 Å². The number of carboxylic acid groups (broad SMARTS) is 1. The monoisotopic (exact) mass is 326 g/mol. The SMILES string of the molecule is C/C(=N/N=C1/NC(=O)[C@@H](CC(=O)O)S1)c1ccc([N+](=O)[O-])o1. The molecule has 2 N–H and O–H groups in total. The molecule has 0 saturated carbocycles. The fourth-order valence-electron chi connectivity index (χ4n) is 1.54. The Morgan fingerprint density at radius 1 is 1.59 bits per heavy atom. The van der Waals surface area contributed by atoms with Crippen LogP contribution in [0.4, 0.5) is 5.88 Å². The molecule has 10 nitrogen and oxygen atoms in total. The molecule has 11 heteroatoms. The number of thioether (sulfide) groups is 1. The number of rotatable bonds is 5. The Morgan fingerprint density at radius 3 is 2.91 bits per heavy atom. The summed E-state index contributed by atoms with van der Waals surface area (Å²) in [4.78, 5) is 31.9. The summed E-state index contributed by atoms with van der Waals surface area (Å²) in [6.45, 7) is 1.53. The van der Waals surface area contributed by atoms with Crippen molar-refractivity contribution in [2.75, 3.05) is 0 Å². The van der Waals surface area contributed by atoms with E-state index in [0.717, 1.165) is 11.8 Å². The van der Waals surface area contributed by atoms with Gasteiger partial charge in [-0.1, -0.05) is 11.8 Å². The number of nitrogens with one attached hydrogen (secondary N) is 1. The lowest BCUT2D eigenvalue weighted by atomic mass is 10.3. The van der Waals surface area contributed by atoms with Crippen molar-refractivity contribution in [1.82, 2.24) is 5.32 Å². The van der Waals surface area contributed by atoms with Gasteiger partial charge in [0.15, 0.2) is 10.9 Å². The summed E-state index contributed by atoms with van der Waals surface area (Å²) in [6, 6.07) is 2.57. The number of amidine groups is 1. The third kappa shape index (κ3) is 3.69. The Bertz CT molecular complexity index is 695. The average Bonchev–Trinajstić information content (AvgIpc) is 3.03. The van der Waals surface area contributed by atoms with Crippen molar-refractivity contribution in [1.29, 1.82) is 0 Å². The minimum atomic E-state index is -1.09. The second-order valence-corrected chi connectivity index (χ2v) is 5.37. The molecule has 1 amide bonds. The molecule has 1 aromatic heterocycles. The zero-order valence-corrected chi connectivity index (χ0v) is 12.0. The Balaban J connectivity index is 2.08. The highest BCUT2D eigenvalue weighted by Gasteiger charge is 2.32. The van der Waals surface area contributed by atoms with E-state index in [1.54, 1.807) is 0 Å². The summed E-state index contributed by atoms with van der Waals surface area (Å²) in [5.41, 5.74) is 0.275. The van der Waals surface area contributed by atoms with Crippen LogP contribution in [0.3, 0.4) is 0 Å². The van der Waals surface area contributed by atoms with Gasteiger partial charge in [0.25, 0.3) is 0 Å². The molecular weight excluding hydrogens is 316 g/mol. The summed E-state index contributed by atoms with van der Waals surface area (Å²) in [5.74, 6) is -1.78. The van der Waals surface area contributed by atoms with Crippen molar-refractivity contribution in [3.05, 3.63) is 28.0 Å². The third-order valence-corrected chi connectivity index (χ3v) is 3.63. The number of carbonyl (C=O) groups is 2. The molecule has 0 aliphatic carbocycles. The number of furan rings is 1. The number of nitrogens with zero attached hydrogens (tertiary/aromatic N) is 3. The van der Waals surface area contributed by atoms with Crippen molar-refractivity contribution in [3.8, 4) is 0 Å². The first-order valence-electron chi connectivity index (χ1n) is 5.93. The molecule has 0 radical (unpaired) electrons. The largest absolute Gasteiger partial charge is 0.481 e. The van der Waals surface area contributed by atoms with Gasteiger partial charge in [0, 0.05) is 0 Å². The Morgan fingerprint density at radius 2 is 2.32 bits per heavy atom. The molecule has 116 valence electrons. The summed E-state index contributed by atoms with van der Waals surface area (Å²) in [7, 11) is 0. The fraction of sp³-hybridized carbons (Fsp3) is 0.273. The Kier molecular flexibility index (Phi) is 4.56.